The van der Waals surface area contributed by atoms with Gasteiger partial charge < -0.3 is 5.32 Å². The van der Waals surface area contributed by atoms with Crippen LogP contribution in [-0.4, -0.2) is 22.9 Å². The van der Waals surface area contributed by atoms with Crippen LogP contribution in [0.3, 0.4) is 0 Å². The Bertz CT molecular complexity index is 468. The van der Waals surface area contributed by atoms with E-state index in [0.29, 0.717) is 0 Å². The number of aromatic nitrogens is 2. The van der Waals surface area contributed by atoms with Crippen molar-refractivity contribution in [2.75, 3.05) is 13.1 Å². The smallest absolute Gasteiger partial charge is 0.0562 e. The summed E-state index contributed by atoms with van der Waals surface area (Å²) in [5.41, 5.74) is 2.79. The number of piperidine rings is 1. The number of nitrogens with one attached hydrogen (secondary N) is 1. The largest absolute Gasteiger partial charge is 0.317 e. The van der Waals surface area contributed by atoms with Crippen molar-refractivity contribution in [3.8, 4) is 0 Å². The molecular formula is C17H27N3. The number of hydrogen-bond acceptors (Lipinski definition) is 2. The third kappa shape index (κ3) is 3.51. The number of hydrogen-bond donors (Lipinski definition) is 1. The molecule has 20 heavy (non-hydrogen) atoms. The van der Waals surface area contributed by atoms with Gasteiger partial charge in [-0.15, -0.1) is 0 Å². The molecule has 2 atom stereocenters. The van der Waals surface area contributed by atoms with E-state index in [1.807, 2.05) is 17.9 Å². The summed E-state index contributed by atoms with van der Waals surface area (Å²) in [7, 11) is 1.98. The molecule has 110 valence electrons. The van der Waals surface area contributed by atoms with Crippen LogP contribution >= 0.6 is 0 Å². The molecule has 2 unspecified atom stereocenters. The van der Waals surface area contributed by atoms with Gasteiger partial charge in [0.05, 0.1) is 6.20 Å². The van der Waals surface area contributed by atoms with Crippen LogP contribution in [0.2, 0.25) is 0 Å². The molecule has 1 aromatic rings. The molecule has 0 radical (unpaired) electrons. The van der Waals surface area contributed by atoms with Gasteiger partial charge in [0.15, 0.2) is 0 Å². The van der Waals surface area contributed by atoms with Gasteiger partial charge in [-0.2, -0.15) is 5.10 Å². The van der Waals surface area contributed by atoms with Crippen LogP contribution in [0.25, 0.3) is 6.08 Å². The zero-order valence-electron chi connectivity index (χ0n) is 12.8. The van der Waals surface area contributed by atoms with Crippen LogP contribution in [0.5, 0.6) is 0 Å². The SMILES string of the molecule is C/C(=C\c1cnn(C)c1)C1CC1CCC1CCNCC1. The van der Waals surface area contributed by atoms with Crippen molar-refractivity contribution in [1.29, 1.82) is 0 Å². The van der Waals surface area contributed by atoms with Crippen molar-refractivity contribution < 1.29 is 0 Å². The molecule has 1 N–H and O–H groups in total. The Kier molecular flexibility index (Phi) is 4.25. The van der Waals surface area contributed by atoms with Crippen molar-refractivity contribution in [3.05, 3.63) is 23.5 Å². The van der Waals surface area contributed by atoms with Gasteiger partial charge in [-0.05, 0) is 63.5 Å². The third-order valence-corrected chi connectivity index (χ3v) is 5.03. The first-order chi connectivity index (χ1) is 9.72. The average Bonchev–Trinajstić information content (AvgIpc) is 3.13. The highest BCUT2D eigenvalue weighted by Gasteiger charge is 2.37. The highest BCUT2D eigenvalue weighted by Crippen LogP contribution is 2.48. The van der Waals surface area contributed by atoms with Crippen LogP contribution in [-0.2, 0) is 7.05 Å². The highest BCUT2D eigenvalue weighted by atomic mass is 15.2. The van der Waals surface area contributed by atoms with Crippen LogP contribution < -0.4 is 5.32 Å². The first kappa shape index (κ1) is 13.9. The molecule has 0 spiro atoms. The van der Waals surface area contributed by atoms with Gasteiger partial charge in [-0.1, -0.05) is 18.1 Å². The summed E-state index contributed by atoms with van der Waals surface area (Å²) in [6.07, 6.45) is 13.4. The van der Waals surface area contributed by atoms with E-state index in [4.69, 9.17) is 0 Å². The first-order valence-corrected chi connectivity index (χ1v) is 8.10. The Morgan fingerprint density at radius 1 is 1.40 bits per heavy atom. The van der Waals surface area contributed by atoms with E-state index in [-0.39, 0.29) is 0 Å². The summed E-state index contributed by atoms with van der Waals surface area (Å²) in [5.74, 6) is 2.79. The maximum atomic E-state index is 4.23. The molecule has 2 heterocycles. The van der Waals surface area contributed by atoms with Gasteiger partial charge in [-0.25, -0.2) is 0 Å². The second-order valence-corrected chi connectivity index (χ2v) is 6.71. The van der Waals surface area contributed by atoms with Gasteiger partial charge >= 0.3 is 0 Å². The van der Waals surface area contributed by atoms with E-state index >= 15 is 0 Å². The van der Waals surface area contributed by atoms with Crippen LogP contribution in [0, 0.1) is 17.8 Å². The average molecular weight is 273 g/mol. The standard InChI is InChI=1S/C17H27N3/c1-13(9-15-11-19-20(2)12-15)17-10-16(17)4-3-14-5-7-18-8-6-14/h9,11-12,14,16-18H,3-8,10H2,1-2H3/b13-9+. The number of aryl methyl sites for hydroxylation is 1. The summed E-state index contributed by atoms with van der Waals surface area (Å²) in [4.78, 5) is 0. The molecule has 1 aliphatic carbocycles. The second kappa shape index (κ2) is 6.13. The molecule has 2 aliphatic rings. The van der Waals surface area contributed by atoms with E-state index in [9.17, 15) is 0 Å². The fourth-order valence-corrected chi connectivity index (χ4v) is 3.63. The predicted molar refractivity (Wildman–Crippen MR) is 83.3 cm³/mol. The lowest BCUT2D eigenvalue weighted by molar-refractivity contribution is 0.339. The number of nitrogens with zero attached hydrogens (tertiary/aromatic N) is 2. The van der Waals surface area contributed by atoms with Crippen LogP contribution in [0.4, 0.5) is 0 Å². The molecule has 0 amide bonds. The molecule has 1 aliphatic heterocycles. The zero-order valence-corrected chi connectivity index (χ0v) is 12.8. The molecule has 1 aromatic heterocycles. The van der Waals surface area contributed by atoms with Crippen LogP contribution in [0.1, 0.15) is 44.6 Å². The Labute approximate surface area is 122 Å². The van der Waals surface area contributed by atoms with E-state index in [2.05, 4.69) is 29.6 Å². The maximum Gasteiger partial charge on any atom is 0.0562 e. The van der Waals surface area contributed by atoms with Gasteiger partial charge in [0, 0.05) is 18.8 Å². The van der Waals surface area contributed by atoms with Crippen LogP contribution in [0.15, 0.2) is 18.0 Å². The zero-order chi connectivity index (χ0) is 13.9. The monoisotopic (exact) mass is 273 g/mol. The minimum absolute atomic E-state index is 0.844. The second-order valence-electron chi connectivity index (χ2n) is 6.71. The topological polar surface area (TPSA) is 29.9 Å². The van der Waals surface area contributed by atoms with Crippen molar-refractivity contribution in [3.63, 3.8) is 0 Å². The first-order valence-electron chi connectivity index (χ1n) is 8.10. The summed E-state index contributed by atoms with van der Waals surface area (Å²) in [6, 6.07) is 0. The minimum atomic E-state index is 0.844. The predicted octanol–water partition coefficient (Wildman–Crippen LogP) is 3.24. The fourth-order valence-electron chi connectivity index (χ4n) is 3.63. The summed E-state index contributed by atoms with van der Waals surface area (Å²) < 4.78 is 1.88. The molecule has 0 aromatic carbocycles. The van der Waals surface area contributed by atoms with E-state index in [1.54, 1.807) is 5.57 Å². The van der Waals surface area contributed by atoms with E-state index in [1.165, 1.54) is 50.8 Å². The Hall–Kier alpha value is -1.09. The summed E-state index contributed by atoms with van der Waals surface area (Å²) >= 11 is 0. The minimum Gasteiger partial charge on any atom is -0.317 e. The fraction of sp³-hybridized carbons (Fsp3) is 0.706. The quantitative estimate of drug-likeness (QED) is 0.892. The molecule has 3 nitrogen and oxygen atoms in total. The van der Waals surface area contributed by atoms with Gasteiger partial charge in [0.2, 0.25) is 0 Å². The van der Waals surface area contributed by atoms with Gasteiger partial charge in [0.25, 0.3) is 0 Å². The van der Waals surface area contributed by atoms with E-state index in [0.717, 1.165) is 17.8 Å². The molecule has 1 saturated heterocycles. The Balaban J connectivity index is 1.45. The molecule has 0 bridgehead atoms. The molecule has 2 fully saturated rings. The molecular weight excluding hydrogens is 246 g/mol. The highest BCUT2D eigenvalue weighted by molar-refractivity contribution is 5.51. The normalized spacial score (nSPS) is 27.8. The number of allylic oxidation sites excluding steroid dienone is 1. The summed E-state index contributed by atoms with van der Waals surface area (Å²) in [6.45, 7) is 4.76. The molecule has 1 saturated carbocycles. The van der Waals surface area contributed by atoms with Crippen molar-refractivity contribution in [1.82, 2.24) is 15.1 Å². The summed E-state index contributed by atoms with van der Waals surface area (Å²) in [5, 5.41) is 7.69. The van der Waals surface area contributed by atoms with Gasteiger partial charge in [0.1, 0.15) is 0 Å². The van der Waals surface area contributed by atoms with Crippen molar-refractivity contribution in [2.24, 2.45) is 24.8 Å². The number of rotatable bonds is 5. The van der Waals surface area contributed by atoms with Crippen molar-refractivity contribution >= 4 is 6.08 Å². The van der Waals surface area contributed by atoms with Crippen molar-refractivity contribution in [2.45, 2.75) is 39.0 Å². The maximum absolute atomic E-state index is 4.23. The lowest BCUT2D eigenvalue weighted by Gasteiger charge is -2.22. The Morgan fingerprint density at radius 2 is 2.20 bits per heavy atom. The Morgan fingerprint density at radius 3 is 2.90 bits per heavy atom. The molecule has 3 heteroatoms. The molecule has 3 rings (SSSR count). The lowest BCUT2D eigenvalue weighted by Crippen LogP contribution is -2.27. The lowest BCUT2D eigenvalue weighted by atomic mass is 9.91. The third-order valence-electron chi connectivity index (χ3n) is 5.03. The van der Waals surface area contributed by atoms with Gasteiger partial charge in [-0.3, -0.25) is 4.68 Å². The van der Waals surface area contributed by atoms with E-state index < -0.39 is 0 Å².